The van der Waals surface area contributed by atoms with E-state index in [0.29, 0.717) is 11.8 Å². The van der Waals surface area contributed by atoms with Gasteiger partial charge >= 0.3 is 0 Å². The van der Waals surface area contributed by atoms with Crippen molar-refractivity contribution in [1.82, 2.24) is 9.38 Å². The minimum atomic E-state index is -0.0204. The van der Waals surface area contributed by atoms with Crippen molar-refractivity contribution in [3.05, 3.63) is 33.2 Å². The topological polar surface area (TPSA) is 54.6 Å². The number of rotatable bonds is 2. The van der Waals surface area contributed by atoms with E-state index >= 15 is 0 Å². The van der Waals surface area contributed by atoms with Gasteiger partial charge in [-0.05, 0) is 19.3 Å². The predicted octanol–water partition coefficient (Wildman–Crippen LogP) is 1.16. The van der Waals surface area contributed by atoms with Gasteiger partial charge in [0.15, 0.2) is 4.96 Å². The minimum absolute atomic E-state index is 0.0204. The lowest BCUT2D eigenvalue weighted by molar-refractivity contribution is 0.273. The highest BCUT2D eigenvalue weighted by Gasteiger charge is 2.41. The van der Waals surface area contributed by atoms with E-state index in [1.54, 1.807) is 21.9 Å². The number of fused-ring (bicyclic) bond motifs is 1. The molecule has 84 valence electrons. The second kappa shape index (κ2) is 3.40. The summed E-state index contributed by atoms with van der Waals surface area (Å²) in [4.78, 5) is 17.9. The first-order valence-electron chi connectivity index (χ1n) is 5.30. The van der Waals surface area contributed by atoms with Crippen molar-refractivity contribution >= 4 is 16.3 Å². The summed E-state index contributed by atoms with van der Waals surface area (Å²) < 4.78 is 1.69. The summed E-state index contributed by atoms with van der Waals surface area (Å²) >= 11 is 1.54. The number of thiazole rings is 1. The smallest absolute Gasteiger partial charge is 0.258 e. The molecule has 1 aliphatic carbocycles. The van der Waals surface area contributed by atoms with Crippen molar-refractivity contribution in [2.24, 2.45) is 5.92 Å². The van der Waals surface area contributed by atoms with E-state index in [1.165, 1.54) is 6.07 Å². The van der Waals surface area contributed by atoms with Gasteiger partial charge in [0.25, 0.3) is 5.56 Å². The van der Waals surface area contributed by atoms with E-state index in [1.807, 2.05) is 6.92 Å². The van der Waals surface area contributed by atoms with Gasteiger partial charge in [0, 0.05) is 35.4 Å². The van der Waals surface area contributed by atoms with Crippen LogP contribution in [-0.2, 0) is 0 Å². The van der Waals surface area contributed by atoms with Crippen LogP contribution in [0.15, 0.2) is 17.1 Å². The van der Waals surface area contributed by atoms with Crippen LogP contribution < -0.4 is 5.56 Å². The molecule has 2 aromatic rings. The Labute approximate surface area is 96.2 Å². The summed E-state index contributed by atoms with van der Waals surface area (Å²) in [6, 6.07) is 1.49. The molecule has 1 saturated carbocycles. The fourth-order valence-electron chi connectivity index (χ4n) is 2.24. The molecule has 1 fully saturated rings. The summed E-state index contributed by atoms with van der Waals surface area (Å²) in [6.07, 6.45) is 2.53. The molecule has 0 amide bonds. The highest BCUT2D eigenvalue weighted by Crippen LogP contribution is 2.48. The van der Waals surface area contributed by atoms with Crippen LogP contribution in [0.4, 0.5) is 0 Å². The molecular formula is C11H12N2O2S. The van der Waals surface area contributed by atoms with Crippen LogP contribution in [0.25, 0.3) is 4.96 Å². The average molecular weight is 236 g/mol. The molecule has 16 heavy (non-hydrogen) atoms. The van der Waals surface area contributed by atoms with Crippen molar-refractivity contribution in [3.63, 3.8) is 0 Å². The fourth-order valence-corrected chi connectivity index (χ4v) is 3.26. The fraction of sp³-hybridized carbons (Fsp3) is 0.455. The van der Waals surface area contributed by atoms with Crippen LogP contribution >= 0.6 is 11.3 Å². The average Bonchev–Trinajstić information content (AvgIpc) is 2.95. The van der Waals surface area contributed by atoms with Gasteiger partial charge in [-0.3, -0.25) is 9.20 Å². The second-order valence-electron chi connectivity index (χ2n) is 4.23. The van der Waals surface area contributed by atoms with Gasteiger partial charge < -0.3 is 5.11 Å². The van der Waals surface area contributed by atoms with Crippen molar-refractivity contribution in [2.75, 3.05) is 6.61 Å². The molecule has 4 nitrogen and oxygen atoms in total. The zero-order chi connectivity index (χ0) is 11.3. The van der Waals surface area contributed by atoms with Crippen molar-refractivity contribution in [1.29, 1.82) is 0 Å². The van der Waals surface area contributed by atoms with Gasteiger partial charge in [0.1, 0.15) is 0 Å². The molecule has 5 heteroatoms. The first-order chi connectivity index (χ1) is 7.72. The lowest BCUT2D eigenvalue weighted by atomic mass is 10.2. The van der Waals surface area contributed by atoms with E-state index < -0.39 is 0 Å². The molecule has 0 radical (unpaired) electrons. The molecule has 1 aliphatic rings. The quantitative estimate of drug-likeness (QED) is 0.851. The van der Waals surface area contributed by atoms with Crippen LogP contribution in [0.3, 0.4) is 0 Å². The molecule has 0 aliphatic heterocycles. The molecule has 2 aromatic heterocycles. The number of aryl methyl sites for hydroxylation is 1. The van der Waals surface area contributed by atoms with E-state index in [-0.39, 0.29) is 12.2 Å². The number of aliphatic hydroxyl groups excluding tert-OH is 1. The Hall–Kier alpha value is -1.20. The van der Waals surface area contributed by atoms with Crippen LogP contribution in [0, 0.1) is 12.8 Å². The monoisotopic (exact) mass is 236 g/mol. The number of hydrogen-bond acceptors (Lipinski definition) is 4. The molecular weight excluding hydrogens is 224 g/mol. The zero-order valence-corrected chi connectivity index (χ0v) is 9.70. The summed E-state index contributed by atoms with van der Waals surface area (Å²) in [7, 11) is 0. The maximum absolute atomic E-state index is 11.8. The first-order valence-corrected chi connectivity index (χ1v) is 6.12. The highest BCUT2D eigenvalue weighted by molar-refractivity contribution is 7.17. The third kappa shape index (κ3) is 1.32. The lowest BCUT2D eigenvalue weighted by Gasteiger charge is -2.00. The Morgan fingerprint density at radius 3 is 3.19 bits per heavy atom. The molecule has 1 N–H and O–H groups in total. The van der Waals surface area contributed by atoms with Gasteiger partial charge in [0.05, 0.1) is 0 Å². The van der Waals surface area contributed by atoms with E-state index in [0.717, 1.165) is 22.0 Å². The Morgan fingerprint density at radius 1 is 1.69 bits per heavy atom. The number of nitrogens with zero attached hydrogens (tertiary/aromatic N) is 2. The van der Waals surface area contributed by atoms with Crippen molar-refractivity contribution in [3.8, 4) is 0 Å². The van der Waals surface area contributed by atoms with Crippen LogP contribution in [0.5, 0.6) is 0 Å². The number of aromatic nitrogens is 2. The number of hydrogen-bond donors (Lipinski definition) is 1. The highest BCUT2D eigenvalue weighted by atomic mass is 32.1. The summed E-state index contributed by atoms with van der Waals surface area (Å²) in [6.45, 7) is 2.22. The van der Waals surface area contributed by atoms with Crippen molar-refractivity contribution < 1.29 is 5.11 Å². The van der Waals surface area contributed by atoms with Crippen molar-refractivity contribution in [2.45, 2.75) is 19.3 Å². The Balaban J connectivity index is 2.24. The Kier molecular flexibility index (Phi) is 2.12. The molecule has 0 saturated heterocycles. The van der Waals surface area contributed by atoms with E-state index in [2.05, 4.69) is 4.98 Å². The molecule has 0 aromatic carbocycles. The second-order valence-corrected chi connectivity index (χ2v) is 5.41. The van der Waals surface area contributed by atoms with E-state index in [9.17, 15) is 4.79 Å². The van der Waals surface area contributed by atoms with Crippen LogP contribution in [0.2, 0.25) is 0 Å². The molecule has 0 unspecified atom stereocenters. The number of aliphatic hydroxyl groups is 1. The summed E-state index contributed by atoms with van der Waals surface area (Å²) in [5.74, 6) is 0.657. The van der Waals surface area contributed by atoms with Gasteiger partial charge in [-0.2, -0.15) is 0 Å². The SMILES string of the molecule is Cc1sc2nccc(=O)n2c1[C@@H]1C[C@H]1CO. The zero-order valence-electron chi connectivity index (χ0n) is 8.88. The van der Waals surface area contributed by atoms with Gasteiger partial charge in [-0.15, -0.1) is 11.3 Å². The first kappa shape index (κ1) is 9.99. The molecule has 2 atom stereocenters. The Morgan fingerprint density at radius 2 is 2.50 bits per heavy atom. The third-order valence-corrected chi connectivity index (χ3v) is 4.15. The Bertz CT molecular complexity index is 602. The van der Waals surface area contributed by atoms with Gasteiger partial charge in [0.2, 0.25) is 0 Å². The lowest BCUT2D eigenvalue weighted by Crippen LogP contribution is -2.14. The van der Waals surface area contributed by atoms with Gasteiger partial charge in [-0.1, -0.05) is 0 Å². The van der Waals surface area contributed by atoms with E-state index in [4.69, 9.17) is 5.11 Å². The van der Waals surface area contributed by atoms with Crippen LogP contribution in [-0.4, -0.2) is 21.1 Å². The maximum atomic E-state index is 11.8. The summed E-state index contributed by atoms with van der Waals surface area (Å²) in [5, 5.41) is 9.11. The maximum Gasteiger partial charge on any atom is 0.258 e. The van der Waals surface area contributed by atoms with Crippen LogP contribution in [0.1, 0.15) is 22.9 Å². The minimum Gasteiger partial charge on any atom is -0.396 e. The standard InChI is InChI=1S/C11H12N2O2S/c1-6-10(8-4-7(8)5-14)13-9(15)2-3-12-11(13)16-6/h2-3,7-8,14H,4-5H2,1H3/t7-,8+/m0/s1. The van der Waals surface area contributed by atoms with Gasteiger partial charge in [-0.25, -0.2) is 4.98 Å². The largest absolute Gasteiger partial charge is 0.396 e. The molecule has 0 spiro atoms. The third-order valence-electron chi connectivity index (χ3n) is 3.17. The normalized spacial score (nSPS) is 23.9. The molecule has 3 rings (SSSR count). The predicted molar refractivity (Wildman–Crippen MR) is 62.0 cm³/mol. The molecule has 0 bridgehead atoms. The summed E-state index contributed by atoms with van der Waals surface area (Å²) in [5.41, 5.74) is 1.03. The molecule has 2 heterocycles.